The maximum Gasteiger partial charge on any atom is 0.165 e. The van der Waals surface area contributed by atoms with Gasteiger partial charge in [0.1, 0.15) is 0 Å². The Hall–Kier alpha value is -2.32. The first-order valence-corrected chi connectivity index (χ1v) is 8.58. The summed E-state index contributed by atoms with van der Waals surface area (Å²) < 4.78 is 0. The molecule has 2 heteroatoms. The van der Waals surface area contributed by atoms with Crippen LogP contribution in [-0.2, 0) is 0 Å². The van der Waals surface area contributed by atoms with E-state index in [1.807, 2.05) is 36.4 Å². The van der Waals surface area contributed by atoms with Crippen molar-refractivity contribution in [1.82, 2.24) is 0 Å². The summed E-state index contributed by atoms with van der Waals surface area (Å²) in [6.07, 6.45) is 0.575. The van der Waals surface area contributed by atoms with Gasteiger partial charge in [0.2, 0.25) is 0 Å². The zero-order valence-corrected chi connectivity index (χ0v) is 13.4. The number of benzene rings is 3. The molecule has 0 bridgehead atoms. The highest BCUT2D eigenvalue weighted by atomic mass is 32.2. The van der Waals surface area contributed by atoms with Crippen LogP contribution >= 0.6 is 11.8 Å². The number of carbonyl (C=O) groups is 1. The van der Waals surface area contributed by atoms with E-state index in [2.05, 4.69) is 42.5 Å². The van der Waals surface area contributed by atoms with Crippen molar-refractivity contribution in [3.63, 3.8) is 0 Å². The Morgan fingerprint density at radius 1 is 0.783 bits per heavy atom. The molecule has 0 saturated carbocycles. The van der Waals surface area contributed by atoms with Crippen molar-refractivity contribution in [1.29, 1.82) is 0 Å². The lowest BCUT2D eigenvalue weighted by Gasteiger charge is -2.12. The number of carbonyl (C=O) groups excluding carboxylic acids is 1. The molecule has 1 nitrogen and oxygen atoms in total. The standard InChI is InChI=1S/C21H16OS/c22-19-14-18(15-8-3-1-4-9-15)17-12-7-13-20(21(17)19)23-16-10-5-2-6-11-16/h1-13,18H,14H2/t18-/m1/s1. The van der Waals surface area contributed by atoms with Gasteiger partial charge in [-0.1, -0.05) is 72.4 Å². The van der Waals surface area contributed by atoms with Crippen molar-refractivity contribution < 1.29 is 4.79 Å². The van der Waals surface area contributed by atoms with Crippen LogP contribution in [0, 0.1) is 0 Å². The third kappa shape index (κ3) is 2.71. The predicted octanol–water partition coefficient (Wildman–Crippen LogP) is 5.56. The Morgan fingerprint density at radius 3 is 2.22 bits per heavy atom. The molecule has 0 N–H and O–H groups in total. The van der Waals surface area contributed by atoms with E-state index in [0.717, 1.165) is 15.4 Å². The van der Waals surface area contributed by atoms with Crippen LogP contribution in [0.15, 0.2) is 88.7 Å². The van der Waals surface area contributed by atoms with E-state index >= 15 is 0 Å². The molecule has 0 heterocycles. The smallest absolute Gasteiger partial charge is 0.165 e. The molecule has 0 aliphatic heterocycles. The van der Waals surface area contributed by atoms with Crippen LogP contribution in [0.5, 0.6) is 0 Å². The monoisotopic (exact) mass is 316 g/mol. The van der Waals surface area contributed by atoms with Gasteiger partial charge in [0.25, 0.3) is 0 Å². The maximum atomic E-state index is 12.6. The highest BCUT2D eigenvalue weighted by molar-refractivity contribution is 7.99. The molecule has 3 aromatic rings. The van der Waals surface area contributed by atoms with Crippen LogP contribution in [0.1, 0.15) is 33.8 Å². The Kier molecular flexibility index (Phi) is 3.76. The maximum absolute atomic E-state index is 12.6. The van der Waals surface area contributed by atoms with Crippen LogP contribution in [0.4, 0.5) is 0 Å². The summed E-state index contributed by atoms with van der Waals surface area (Å²) >= 11 is 1.67. The Balaban J connectivity index is 1.75. The second-order valence-electron chi connectivity index (χ2n) is 5.73. The van der Waals surface area contributed by atoms with Crippen LogP contribution in [0.3, 0.4) is 0 Å². The number of hydrogen-bond acceptors (Lipinski definition) is 2. The van der Waals surface area contributed by atoms with E-state index in [1.54, 1.807) is 11.8 Å². The minimum Gasteiger partial charge on any atom is -0.294 e. The van der Waals surface area contributed by atoms with Crippen LogP contribution in [-0.4, -0.2) is 5.78 Å². The highest BCUT2D eigenvalue weighted by Crippen LogP contribution is 2.43. The largest absolute Gasteiger partial charge is 0.294 e. The zero-order chi connectivity index (χ0) is 15.6. The van der Waals surface area contributed by atoms with Crippen LogP contribution < -0.4 is 0 Å². The average molecular weight is 316 g/mol. The first-order chi connectivity index (χ1) is 11.3. The lowest BCUT2D eigenvalue weighted by atomic mass is 9.93. The molecule has 0 amide bonds. The molecular formula is C21H16OS. The number of Topliss-reactive ketones (excluding diaryl/α,β-unsaturated/α-hetero) is 1. The van der Waals surface area contributed by atoms with Crippen LogP contribution in [0.2, 0.25) is 0 Å². The zero-order valence-electron chi connectivity index (χ0n) is 12.6. The van der Waals surface area contributed by atoms with Crippen molar-refractivity contribution >= 4 is 17.5 Å². The lowest BCUT2D eigenvalue weighted by molar-refractivity contribution is 0.0989. The van der Waals surface area contributed by atoms with E-state index in [-0.39, 0.29) is 11.7 Å². The molecule has 0 saturated heterocycles. The highest BCUT2D eigenvalue weighted by Gasteiger charge is 2.32. The first kappa shape index (κ1) is 14.3. The van der Waals surface area contributed by atoms with E-state index in [1.165, 1.54) is 11.1 Å². The molecule has 1 atom stereocenters. The van der Waals surface area contributed by atoms with Gasteiger partial charge in [-0.2, -0.15) is 0 Å². The lowest BCUT2D eigenvalue weighted by Crippen LogP contribution is -1.95. The van der Waals surface area contributed by atoms with Gasteiger partial charge in [-0.05, 0) is 29.3 Å². The fourth-order valence-electron chi connectivity index (χ4n) is 3.22. The normalized spacial score (nSPS) is 16.3. The molecule has 4 rings (SSSR count). The summed E-state index contributed by atoms with van der Waals surface area (Å²) in [7, 11) is 0. The molecule has 0 aromatic heterocycles. The molecule has 1 aliphatic carbocycles. The molecule has 0 unspecified atom stereocenters. The number of fused-ring (bicyclic) bond motifs is 1. The van der Waals surface area contributed by atoms with Crippen molar-refractivity contribution in [2.75, 3.05) is 0 Å². The van der Waals surface area contributed by atoms with Gasteiger partial charge >= 0.3 is 0 Å². The number of hydrogen-bond donors (Lipinski definition) is 0. The van der Waals surface area contributed by atoms with E-state index in [0.29, 0.717) is 6.42 Å². The molecule has 0 radical (unpaired) electrons. The van der Waals surface area contributed by atoms with Gasteiger partial charge in [-0.3, -0.25) is 4.79 Å². The van der Waals surface area contributed by atoms with E-state index < -0.39 is 0 Å². The fraction of sp³-hybridized carbons (Fsp3) is 0.0952. The Labute approximate surface area is 140 Å². The summed E-state index contributed by atoms with van der Waals surface area (Å²) in [5, 5.41) is 0. The predicted molar refractivity (Wildman–Crippen MR) is 94.2 cm³/mol. The van der Waals surface area contributed by atoms with Crippen molar-refractivity contribution in [3.8, 4) is 0 Å². The summed E-state index contributed by atoms with van der Waals surface area (Å²) in [6, 6.07) is 26.8. The van der Waals surface area contributed by atoms with E-state index in [9.17, 15) is 4.79 Å². The van der Waals surface area contributed by atoms with Crippen LogP contribution in [0.25, 0.3) is 0 Å². The van der Waals surface area contributed by atoms with Crippen molar-refractivity contribution in [3.05, 3.63) is 95.6 Å². The summed E-state index contributed by atoms with van der Waals surface area (Å²) in [5.74, 6) is 0.447. The van der Waals surface area contributed by atoms with Crippen molar-refractivity contribution in [2.24, 2.45) is 0 Å². The Bertz CT molecular complexity index is 840. The summed E-state index contributed by atoms with van der Waals surface area (Å²) in [5.41, 5.74) is 3.30. The SMILES string of the molecule is O=C1C[C@H](c2ccccc2)c2cccc(Sc3ccccc3)c21. The van der Waals surface area contributed by atoms with Gasteiger partial charge in [-0.15, -0.1) is 0 Å². The molecule has 3 aromatic carbocycles. The molecule has 0 fully saturated rings. The molecule has 1 aliphatic rings. The third-order valence-electron chi connectivity index (χ3n) is 4.28. The molecule has 112 valence electrons. The number of rotatable bonds is 3. The second kappa shape index (κ2) is 6.05. The number of ketones is 1. The summed E-state index contributed by atoms with van der Waals surface area (Å²) in [6.45, 7) is 0. The van der Waals surface area contributed by atoms with Gasteiger partial charge in [0.15, 0.2) is 5.78 Å². The topological polar surface area (TPSA) is 17.1 Å². The third-order valence-corrected chi connectivity index (χ3v) is 5.34. The van der Waals surface area contributed by atoms with Crippen molar-refractivity contribution in [2.45, 2.75) is 22.1 Å². The Morgan fingerprint density at radius 2 is 1.48 bits per heavy atom. The minimum absolute atomic E-state index is 0.190. The molecule has 23 heavy (non-hydrogen) atoms. The van der Waals surface area contributed by atoms with Gasteiger partial charge in [-0.25, -0.2) is 0 Å². The molecular weight excluding hydrogens is 300 g/mol. The van der Waals surface area contributed by atoms with Gasteiger partial charge < -0.3 is 0 Å². The molecule has 0 spiro atoms. The van der Waals surface area contributed by atoms with Gasteiger partial charge in [0, 0.05) is 27.7 Å². The quantitative estimate of drug-likeness (QED) is 0.629. The van der Waals surface area contributed by atoms with Gasteiger partial charge in [0.05, 0.1) is 0 Å². The average Bonchev–Trinajstić information content (AvgIpc) is 2.95. The first-order valence-electron chi connectivity index (χ1n) is 7.77. The second-order valence-corrected chi connectivity index (χ2v) is 6.84. The summed E-state index contributed by atoms with van der Waals surface area (Å²) in [4.78, 5) is 14.9. The minimum atomic E-state index is 0.190. The fourth-order valence-corrected chi connectivity index (χ4v) is 4.25. The van der Waals surface area contributed by atoms with E-state index in [4.69, 9.17) is 0 Å².